The number of aromatic amines is 1. The molecule has 0 unspecified atom stereocenters. The first-order valence-corrected chi connectivity index (χ1v) is 7.20. The summed E-state index contributed by atoms with van der Waals surface area (Å²) >= 11 is 1.30. The molecule has 1 heterocycles. The Balaban J connectivity index is 2.46. The second-order valence-electron chi connectivity index (χ2n) is 5.60. The highest BCUT2D eigenvalue weighted by atomic mass is 32.1. The summed E-state index contributed by atoms with van der Waals surface area (Å²) in [6, 6.07) is 9.64. The number of Topliss-reactive ketones (excluding diaryl/α,β-unsaturated/α-hetero) is 1. The fourth-order valence-corrected chi connectivity index (χ4v) is 2.45. The van der Waals surface area contributed by atoms with Crippen LogP contribution in [0.1, 0.15) is 26.3 Å². The number of carbonyl (C=O) groups excluding carboxylic acids is 1. The van der Waals surface area contributed by atoms with Crippen molar-refractivity contribution in [1.29, 1.82) is 0 Å². The Morgan fingerprint density at radius 3 is 2.45 bits per heavy atom. The van der Waals surface area contributed by atoms with E-state index in [1.807, 2.05) is 57.2 Å². The van der Waals surface area contributed by atoms with Gasteiger partial charge in [0.1, 0.15) is 0 Å². The lowest BCUT2D eigenvalue weighted by Crippen LogP contribution is -2.22. The lowest BCUT2D eigenvalue weighted by Gasteiger charge is -2.12. The SMILES string of the molecule is CC(C)(C)C(=O)C=c1[nH]c(=O)c(=Cc2ccccc2)s1. The lowest BCUT2D eigenvalue weighted by atomic mass is 9.91. The number of thiazole rings is 1. The van der Waals surface area contributed by atoms with Crippen LogP contribution in [-0.2, 0) is 4.79 Å². The van der Waals surface area contributed by atoms with Gasteiger partial charge < -0.3 is 4.98 Å². The molecule has 0 saturated carbocycles. The average Bonchev–Trinajstić information content (AvgIpc) is 2.70. The summed E-state index contributed by atoms with van der Waals surface area (Å²) in [6.45, 7) is 5.57. The van der Waals surface area contributed by atoms with Gasteiger partial charge in [-0.3, -0.25) is 9.59 Å². The largest absolute Gasteiger partial charge is 0.313 e. The van der Waals surface area contributed by atoms with Crippen LogP contribution in [0.15, 0.2) is 35.1 Å². The van der Waals surface area contributed by atoms with E-state index in [9.17, 15) is 9.59 Å². The van der Waals surface area contributed by atoms with E-state index in [-0.39, 0.29) is 11.3 Å². The number of H-pyrrole nitrogens is 1. The van der Waals surface area contributed by atoms with E-state index < -0.39 is 5.41 Å². The topological polar surface area (TPSA) is 49.9 Å². The van der Waals surface area contributed by atoms with Crippen LogP contribution >= 0.6 is 11.3 Å². The Hall–Kier alpha value is -1.94. The molecule has 0 saturated heterocycles. The molecule has 0 radical (unpaired) electrons. The molecule has 0 aliphatic carbocycles. The molecular weight excluding hydrogens is 270 g/mol. The molecule has 2 rings (SSSR count). The average molecular weight is 287 g/mol. The first-order valence-electron chi connectivity index (χ1n) is 6.38. The van der Waals surface area contributed by atoms with E-state index in [4.69, 9.17) is 0 Å². The number of hydrogen-bond donors (Lipinski definition) is 1. The van der Waals surface area contributed by atoms with Crippen LogP contribution in [0.3, 0.4) is 0 Å². The van der Waals surface area contributed by atoms with Crippen molar-refractivity contribution >= 4 is 29.3 Å². The molecule has 104 valence electrons. The third-order valence-corrected chi connectivity index (χ3v) is 3.74. The van der Waals surface area contributed by atoms with Gasteiger partial charge in [0.25, 0.3) is 5.56 Å². The van der Waals surface area contributed by atoms with Crippen LogP contribution in [0.5, 0.6) is 0 Å². The van der Waals surface area contributed by atoms with Crippen molar-refractivity contribution in [2.45, 2.75) is 20.8 Å². The fraction of sp³-hybridized carbons (Fsp3) is 0.250. The molecule has 1 aromatic heterocycles. The number of nitrogens with one attached hydrogen (secondary N) is 1. The molecule has 4 heteroatoms. The van der Waals surface area contributed by atoms with Gasteiger partial charge in [-0.1, -0.05) is 51.1 Å². The molecule has 0 aliphatic rings. The number of aromatic nitrogens is 1. The van der Waals surface area contributed by atoms with Gasteiger partial charge in [0.15, 0.2) is 5.78 Å². The minimum atomic E-state index is -0.440. The highest BCUT2D eigenvalue weighted by Gasteiger charge is 2.18. The highest BCUT2D eigenvalue weighted by Crippen LogP contribution is 2.14. The summed E-state index contributed by atoms with van der Waals surface area (Å²) < 4.78 is 1.20. The smallest absolute Gasteiger partial charge is 0.266 e. The summed E-state index contributed by atoms with van der Waals surface area (Å²) in [4.78, 5) is 26.5. The maximum atomic E-state index is 11.9. The van der Waals surface area contributed by atoms with Gasteiger partial charge in [-0.15, -0.1) is 11.3 Å². The number of benzene rings is 1. The number of hydrogen-bond acceptors (Lipinski definition) is 3. The quantitative estimate of drug-likeness (QED) is 0.913. The van der Waals surface area contributed by atoms with Gasteiger partial charge in [-0.25, -0.2) is 0 Å². The van der Waals surface area contributed by atoms with Crippen LogP contribution in [0.4, 0.5) is 0 Å². The van der Waals surface area contributed by atoms with Crippen LogP contribution in [-0.4, -0.2) is 10.8 Å². The first-order chi connectivity index (χ1) is 9.36. The zero-order valence-electron chi connectivity index (χ0n) is 11.8. The summed E-state index contributed by atoms with van der Waals surface area (Å²) in [7, 11) is 0. The number of carbonyl (C=O) groups is 1. The first kappa shape index (κ1) is 14.5. The lowest BCUT2D eigenvalue weighted by molar-refractivity contribution is -0.119. The third kappa shape index (κ3) is 3.54. The molecule has 0 fully saturated rings. The maximum absolute atomic E-state index is 11.9. The zero-order chi connectivity index (χ0) is 14.8. The standard InChI is InChI=1S/C16H17NO2S/c1-16(2,3)13(18)10-14-17-15(19)12(20-14)9-11-7-5-4-6-8-11/h4-10H,1-3H3,(H,17,19). The third-order valence-electron chi connectivity index (χ3n) is 2.78. The second kappa shape index (κ2) is 5.59. The van der Waals surface area contributed by atoms with Gasteiger partial charge in [-0.05, 0) is 11.6 Å². The Morgan fingerprint density at radius 1 is 1.20 bits per heavy atom. The van der Waals surface area contributed by atoms with E-state index in [0.717, 1.165) is 5.56 Å². The van der Waals surface area contributed by atoms with E-state index in [2.05, 4.69) is 4.98 Å². The predicted molar refractivity (Wildman–Crippen MR) is 83.1 cm³/mol. The summed E-state index contributed by atoms with van der Waals surface area (Å²) in [6.07, 6.45) is 3.33. The zero-order valence-corrected chi connectivity index (χ0v) is 12.6. The Morgan fingerprint density at radius 2 is 1.85 bits per heavy atom. The van der Waals surface area contributed by atoms with Gasteiger partial charge >= 0.3 is 0 Å². The van der Waals surface area contributed by atoms with Crippen LogP contribution < -0.4 is 14.8 Å². The number of ketones is 1. The van der Waals surface area contributed by atoms with Crippen molar-refractivity contribution in [2.75, 3.05) is 0 Å². The van der Waals surface area contributed by atoms with Crippen LogP contribution in [0, 0.1) is 5.41 Å². The fourth-order valence-electron chi connectivity index (χ4n) is 1.56. The summed E-state index contributed by atoms with van der Waals surface area (Å²) in [5.74, 6) is 0.00117. The Bertz CT molecular complexity index is 776. The molecule has 0 aliphatic heterocycles. The second-order valence-corrected chi connectivity index (χ2v) is 6.68. The van der Waals surface area contributed by atoms with E-state index in [1.165, 1.54) is 17.4 Å². The molecular formula is C16H17NO2S. The molecule has 1 aromatic carbocycles. The molecule has 2 aromatic rings. The normalized spacial score (nSPS) is 13.8. The van der Waals surface area contributed by atoms with Gasteiger partial charge in [0, 0.05) is 11.5 Å². The molecule has 1 N–H and O–H groups in total. The molecule has 0 atom stereocenters. The minimum Gasteiger partial charge on any atom is -0.313 e. The van der Waals surface area contributed by atoms with Crippen molar-refractivity contribution in [3.63, 3.8) is 0 Å². The van der Waals surface area contributed by atoms with Gasteiger partial charge in [0.05, 0.1) is 9.20 Å². The van der Waals surface area contributed by atoms with Crippen molar-refractivity contribution in [3.8, 4) is 0 Å². The van der Waals surface area contributed by atoms with Crippen molar-refractivity contribution in [1.82, 2.24) is 4.98 Å². The molecule has 3 nitrogen and oxygen atoms in total. The summed E-state index contributed by atoms with van der Waals surface area (Å²) in [5.41, 5.74) is 0.366. The van der Waals surface area contributed by atoms with Crippen molar-refractivity contribution in [3.05, 3.63) is 55.4 Å². The van der Waals surface area contributed by atoms with Crippen molar-refractivity contribution in [2.24, 2.45) is 5.41 Å². The monoisotopic (exact) mass is 287 g/mol. The highest BCUT2D eigenvalue weighted by molar-refractivity contribution is 7.07. The number of rotatable bonds is 2. The Labute approximate surface area is 121 Å². The minimum absolute atomic E-state index is 0.00117. The molecule has 20 heavy (non-hydrogen) atoms. The van der Waals surface area contributed by atoms with Crippen LogP contribution in [0.2, 0.25) is 0 Å². The van der Waals surface area contributed by atoms with E-state index >= 15 is 0 Å². The van der Waals surface area contributed by atoms with Crippen molar-refractivity contribution < 1.29 is 4.79 Å². The summed E-state index contributed by atoms with van der Waals surface area (Å²) in [5, 5.41) is 0. The van der Waals surface area contributed by atoms with Crippen LogP contribution in [0.25, 0.3) is 12.2 Å². The molecule has 0 bridgehead atoms. The molecule has 0 spiro atoms. The van der Waals surface area contributed by atoms with E-state index in [0.29, 0.717) is 9.20 Å². The van der Waals surface area contributed by atoms with Gasteiger partial charge in [0.2, 0.25) is 0 Å². The maximum Gasteiger partial charge on any atom is 0.266 e. The predicted octanol–water partition coefficient (Wildman–Crippen LogP) is 1.66. The molecule has 0 amide bonds. The van der Waals surface area contributed by atoms with E-state index in [1.54, 1.807) is 0 Å². The Kier molecular flexibility index (Phi) is 4.04. The van der Waals surface area contributed by atoms with Gasteiger partial charge in [-0.2, -0.15) is 0 Å².